The van der Waals surface area contributed by atoms with Crippen LogP contribution in [0.1, 0.15) is 30.7 Å². The van der Waals surface area contributed by atoms with E-state index < -0.39 is 5.37 Å². The minimum Gasteiger partial charge on any atom is -0.504 e. The summed E-state index contributed by atoms with van der Waals surface area (Å²) in [4.78, 5) is 25.2. The third-order valence-electron chi connectivity index (χ3n) is 3.37. The van der Waals surface area contributed by atoms with Crippen LogP contribution in [0.3, 0.4) is 0 Å². The lowest BCUT2D eigenvalue weighted by molar-refractivity contribution is -0.144. The third-order valence-corrected chi connectivity index (χ3v) is 4.63. The van der Waals surface area contributed by atoms with Crippen molar-refractivity contribution in [1.29, 1.82) is 0 Å². The number of hydrogen-bond acceptors (Lipinski definition) is 6. The number of para-hydroxylation sites is 1. The number of hydrogen-bond donors (Lipinski definition) is 2. The SMILES string of the molecule is CCOC(=O)CCN1C(=O)CCSC1c1cccc(O)c1O. The zero-order valence-corrected chi connectivity index (χ0v) is 13.1. The van der Waals surface area contributed by atoms with Gasteiger partial charge in [0.1, 0.15) is 5.37 Å². The monoisotopic (exact) mass is 325 g/mol. The van der Waals surface area contributed by atoms with Gasteiger partial charge in [-0.15, -0.1) is 11.8 Å². The maximum absolute atomic E-state index is 12.2. The van der Waals surface area contributed by atoms with E-state index in [9.17, 15) is 19.8 Å². The average molecular weight is 325 g/mol. The Bertz CT molecular complexity index is 563. The molecule has 1 atom stereocenters. The Morgan fingerprint density at radius 3 is 2.95 bits per heavy atom. The van der Waals surface area contributed by atoms with Crippen LogP contribution in [0, 0.1) is 0 Å². The summed E-state index contributed by atoms with van der Waals surface area (Å²) in [7, 11) is 0. The van der Waals surface area contributed by atoms with Crippen LogP contribution in [0.15, 0.2) is 18.2 Å². The van der Waals surface area contributed by atoms with Crippen molar-refractivity contribution >= 4 is 23.6 Å². The van der Waals surface area contributed by atoms with Gasteiger partial charge >= 0.3 is 5.97 Å². The number of rotatable bonds is 5. The number of aromatic hydroxyl groups is 2. The summed E-state index contributed by atoms with van der Waals surface area (Å²) < 4.78 is 4.88. The Kier molecular flexibility index (Phi) is 5.54. The van der Waals surface area contributed by atoms with E-state index in [1.165, 1.54) is 17.8 Å². The summed E-state index contributed by atoms with van der Waals surface area (Å²) in [6.45, 7) is 2.26. The van der Waals surface area contributed by atoms with Crippen molar-refractivity contribution in [3.63, 3.8) is 0 Å². The molecular weight excluding hydrogens is 306 g/mol. The number of nitrogens with zero attached hydrogens (tertiary/aromatic N) is 1. The van der Waals surface area contributed by atoms with E-state index in [1.807, 2.05) is 0 Å². The van der Waals surface area contributed by atoms with Gasteiger partial charge in [-0.3, -0.25) is 9.59 Å². The molecule has 0 bridgehead atoms. The number of ether oxygens (including phenoxy) is 1. The minimum absolute atomic E-state index is 0.0733. The molecule has 1 aliphatic heterocycles. The van der Waals surface area contributed by atoms with Crippen LogP contribution in [0.5, 0.6) is 11.5 Å². The molecule has 1 saturated heterocycles. The zero-order chi connectivity index (χ0) is 16.1. The molecule has 2 rings (SSSR count). The summed E-state index contributed by atoms with van der Waals surface area (Å²) in [6, 6.07) is 4.67. The van der Waals surface area contributed by atoms with E-state index in [0.29, 0.717) is 24.3 Å². The fourth-order valence-electron chi connectivity index (χ4n) is 2.31. The van der Waals surface area contributed by atoms with E-state index in [-0.39, 0.29) is 36.3 Å². The number of carbonyl (C=O) groups excluding carboxylic acids is 2. The number of thioether (sulfide) groups is 1. The third kappa shape index (κ3) is 3.65. The van der Waals surface area contributed by atoms with Gasteiger partial charge in [0, 0.05) is 24.3 Å². The molecule has 0 spiro atoms. The smallest absolute Gasteiger partial charge is 0.307 e. The summed E-state index contributed by atoms with van der Waals surface area (Å²) >= 11 is 1.50. The van der Waals surface area contributed by atoms with Gasteiger partial charge in [0.2, 0.25) is 5.91 Å². The molecule has 1 amide bonds. The summed E-state index contributed by atoms with van der Waals surface area (Å²) in [6.07, 6.45) is 0.500. The Hall–Kier alpha value is -1.89. The highest BCUT2D eigenvalue weighted by Gasteiger charge is 2.32. The van der Waals surface area contributed by atoms with E-state index in [0.717, 1.165) is 0 Å². The second kappa shape index (κ2) is 7.40. The summed E-state index contributed by atoms with van der Waals surface area (Å²) in [5.74, 6) is -0.244. The van der Waals surface area contributed by atoms with Crippen molar-refractivity contribution in [3.8, 4) is 11.5 Å². The normalized spacial score (nSPS) is 18.3. The Morgan fingerprint density at radius 1 is 1.45 bits per heavy atom. The van der Waals surface area contributed by atoms with Crippen LogP contribution in [0.4, 0.5) is 0 Å². The van der Waals surface area contributed by atoms with Crippen LogP contribution < -0.4 is 0 Å². The fraction of sp³-hybridized carbons (Fsp3) is 0.467. The van der Waals surface area contributed by atoms with Crippen molar-refractivity contribution in [2.24, 2.45) is 0 Å². The van der Waals surface area contributed by atoms with Crippen molar-refractivity contribution in [1.82, 2.24) is 4.90 Å². The molecule has 2 N–H and O–H groups in total. The van der Waals surface area contributed by atoms with Crippen molar-refractivity contribution < 1.29 is 24.5 Å². The highest BCUT2D eigenvalue weighted by Crippen LogP contribution is 2.43. The molecule has 7 heteroatoms. The Balaban J connectivity index is 2.18. The van der Waals surface area contributed by atoms with Crippen molar-refractivity contribution in [2.75, 3.05) is 18.9 Å². The number of esters is 1. The number of phenolic OH excluding ortho intramolecular Hbond substituents is 2. The number of benzene rings is 1. The molecule has 1 aromatic carbocycles. The van der Waals surface area contributed by atoms with Gasteiger partial charge < -0.3 is 19.8 Å². The molecule has 1 heterocycles. The summed E-state index contributed by atoms with van der Waals surface area (Å²) in [5, 5.41) is 19.2. The average Bonchev–Trinajstić information content (AvgIpc) is 2.49. The van der Waals surface area contributed by atoms with E-state index in [1.54, 1.807) is 24.0 Å². The molecule has 0 aliphatic carbocycles. The molecule has 6 nitrogen and oxygen atoms in total. The molecule has 1 aliphatic rings. The zero-order valence-electron chi connectivity index (χ0n) is 12.3. The largest absolute Gasteiger partial charge is 0.504 e. The molecule has 1 unspecified atom stereocenters. The quantitative estimate of drug-likeness (QED) is 0.636. The lowest BCUT2D eigenvalue weighted by Gasteiger charge is -2.35. The van der Waals surface area contributed by atoms with Crippen LogP contribution in [0.2, 0.25) is 0 Å². The molecular formula is C15H19NO5S. The Morgan fingerprint density at radius 2 is 2.23 bits per heavy atom. The highest BCUT2D eigenvalue weighted by molar-refractivity contribution is 7.99. The standard InChI is InChI=1S/C15H19NO5S/c1-2-21-13(19)6-8-16-12(18)7-9-22-15(16)10-4-3-5-11(17)14(10)20/h3-5,15,17,20H,2,6-9H2,1H3. The first-order valence-corrected chi connectivity index (χ1v) is 8.17. The topological polar surface area (TPSA) is 87.1 Å². The van der Waals surface area contributed by atoms with Gasteiger partial charge in [0.15, 0.2) is 11.5 Å². The van der Waals surface area contributed by atoms with Crippen LogP contribution in [0.25, 0.3) is 0 Å². The van der Waals surface area contributed by atoms with Crippen LogP contribution >= 0.6 is 11.8 Å². The minimum atomic E-state index is -0.414. The van der Waals surface area contributed by atoms with Crippen molar-refractivity contribution in [2.45, 2.75) is 25.1 Å². The molecule has 1 aromatic rings. The summed E-state index contributed by atoms with van der Waals surface area (Å²) in [5.41, 5.74) is 0.474. The highest BCUT2D eigenvalue weighted by atomic mass is 32.2. The van der Waals surface area contributed by atoms with E-state index in [4.69, 9.17) is 4.74 Å². The number of carbonyl (C=O) groups is 2. The molecule has 0 aromatic heterocycles. The molecule has 0 radical (unpaired) electrons. The maximum Gasteiger partial charge on any atom is 0.307 e. The van der Waals surface area contributed by atoms with Crippen LogP contribution in [-0.2, 0) is 14.3 Å². The number of amides is 1. The predicted octanol–water partition coefficient (Wildman–Crippen LogP) is 2.02. The number of phenols is 2. The second-order valence-corrected chi connectivity index (χ2v) is 6.02. The van der Waals surface area contributed by atoms with Crippen LogP contribution in [-0.4, -0.2) is 45.9 Å². The lowest BCUT2D eigenvalue weighted by atomic mass is 10.1. The first-order valence-electron chi connectivity index (χ1n) is 7.12. The van der Waals surface area contributed by atoms with Gasteiger partial charge in [-0.05, 0) is 13.0 Å². The molecule has 22 heavy (non-hydrogen) atoms. The maximum atomic E-state index is 12.2. The lowest BCUT2D eigenvalue weighted by Crippen LogP contribution is -2.38. The van der Waals surface area contributed by atoms with Gasteiger partial charge in [-0.1, -0.05) is 12.1 Å². The fourth-order valence-corrected chi connectivity index (χ4v) is 3.60. The van der Waals surface area contributed by atoms with E-state index >= 15 is 0 Å². The predicted molar refractivity (Wildman–Crippen MR) is 82.6 cm³/mol. The van der Waals surface area contributed by atoms with Gasteiger partial charge in [-0.25, -0.2) is 0 Å². The van der Waals surface area contributed by atoms with Crippen molar-refractivity contribution in [3.05, 3.63) is 23.8 Å². The Labute approximate surface area is 133 Å². The van der Waals surface area contributed by atoms with E-state index in [2.05, 4.69) is 0 Å². The first-order chi connectivity index (χ1) is 10.5. The molecule has 120 valence electrons. The van der Waals surface area contributed by atoms with Gasteiger partial charge in [0.25, 0.3) is 0 Å². The molecule has 0 saturated carbocycles. The van der Waals surface area contributed by atoms with Gasteiger partial charge in [-0.2, -0.15) is 0 Å². The molecule has 1 fully saturated rings. The second-order valence-electron chi connectivity index (χ2n) is 4.83. The first kappa shape index (κ1) is 16.5. The van der Waals surface area contributed by atoms with Gasteiger partial charge in [0.05, 0.1) is 13.0 Å².